The molecule has 0 aliphatic rings. The maximum Gasteiger partial charge on any atom is 0.165 e. The first-order valence-corrected chi connectivity index (χ1v) is 7.78. The van der Waals surface area contributed by atoms with Crippen molar-refractivity contribution in [2.45, 2.75) is 20.0 Å². The lowest BCUT2D eigenvalue weighted by Gasteiger charge is -2.15. The van der Waals surface area contributed by atoms with E-state index in [1.807, 2.05) is 18.2 Å². The summed E-state index contributed by atoms with van der Waals surface area (Å²) in [4.78, 5) is 0. The normalized spacial score (nSPS) is 10.6. The molecule has 0 fully saturated rings. The Hall–Kier alpha value is -2.04. The average Bonchev–Trinajstić information content (AvgIpc) is 2.56. The second kappa shape index (κ2) is 9.18. The fraction of sp³-hybridized carbons (Fsp3) is 0.368. The van der Waals surface area contributed by atoms with Crippen molar-refractivity contribution >= 4 is 0 Å². The molecule has 0 aliphatic heterocycles. The number of nitrogens with one attached hydrogen (secondary N) is 1. The van der Waals surface area contributed by atoms with Crippen molar-refractivity contribution in [3.05, 3.63) is 59.2 Å². The minimum Gasteiger partial charge on any atom is -0.493 e. The van der Waals surface area contributed by atoms with Crippen LogP contribution in [0.5, 0.6) is 11.5 Å². The Morgan fingerprint density at radius 3 is 2.52 bits per heavy atom. The van der Waals surface area contributed by atoms with Crippen LogP contribution in [-0.4, -0.2) is 27.4 Å². The largest absolute Gasteiger partial charge is 0.493 e. The summed E-state index contributed by atoms with van der Waals surface area (Å²) in [7, 11) is 3.32. The summed E-state index contributed by atoms with van der Waals surface area (Å²) in [5.41, 5.74) is 3.62. The number of hydrogen-bond donors (Lipinski definition) is 1. The molecule has 23 heavy (non-hydrogen) atoms. The zero-order valence-electron chi connectivity index (χ0n) is 14.1. The molecule has 0 bridgehead atoms. The Morgan fingerprint density at radius 1 is 0.957 bits per heavy atom. The second-order valence-corrected chi connectivity index (χ2v) is 5.38. The van der Waals surface area contributed by atoms with E-state index >= 15 is 0 Å². The van der Waals surface area contributed by atoms with Gasteiger partial charge < -0.3 is 19.5 Å². The van der Waals surface area contributed by atoms with Crippen LogP contribution in [0, 0.1) is 6.92 Å². The van der Waals surface area contributed by atoms with E-state index in [1.54, 1.807) is 14.2 Å². The zero-order valence-corrected chi connectivity index (χ0v) is 14.1. The molecule has 0 aliphatic carbocycles. The third kappa shape index (κ3) is 5.27. The van der Waals surface area contributed by atoms with Crippen LogP contribution in [0.4, 0.5) is 0 Å². The molecule has 0 amide bonds. The van der Waals surface area contributed by atoms with Crippen LogP contribution in [0.15, 0.2) is 42.5 Å². The highest BCUT2D eigenvalue weighted by Crippen LogP contribution is 2.31. The number of aryl methyl sites for hydroxylation is 1. The maximum atomic E-state index is 5.83. The van der Waals surface area contributed by atoms with Crippen LogP contribution >= 0.6 is 0 Å². The van der Waals surface area contributed by atoms with E-state index in [-0.39, 0.29) is 0 Å². The molecule has 0 saturated carbocycles. The molecular weight excluding hydrogens is 290 g/mol. The van der Waals surface area contributed by atoms with E-state index in [0.29, 0.717) is 19.8 Å². The molecule has 2 rings (SSSR count). The van der Waals surface area contributed by atoms with Crippen LogP contribution in [0.3, 0.4) is 0 Å². The van der Waals surface area contributed by atoms with Crippen LogP contribution in [0.25, 0.3) is 0 Å². The predicted molar refractivity (Wildman–Crippen MR) is 92.1 cm³/mol. The van der Waals surface area contributed by atoms with Gasteiger partial charge in [-0.25, -0.2) is 0 Å². The highest BCUT2D eigenvalue weighted by atomic mass is 16.5. The molecular formula is C19H25NO3. The zero-order chi connectivity index (χ0) is 16.5. The molecule has 0 aromatic heterocycles. The number of ether oxygens (including phenoxy) is 3. The predicted octanol–water partition coefficient (Wildman–Crippen LogP) is 3.32. The Morgan fingerprint density at radius 2 is 1.78 bits per heavy atom. The summed E-state index contributed by atoms with van der Waals surface area (Å²) in [6.45, 7) is 4.69. The number of benzene rings is 2. The summed E-state index contributed by atoms with van der Waals surface area (Å²) in [6, 6.07) is 14.4. The number of para-hydroxylation sites is 1. The molecule has 124 valence electrons. The Bertz CT molecular complexity index is 613. The number of hydrogen-bond acceptors (Lipinski definition) is 4. The highest BCUT2D eigenvalue weighted by molar-refractivity contribution is 5.46. The molecule has 0 spiro atoms. The van der Waals surface area contributed by atoms with Crippen molar-refractivity contribution in [3.8, 4) is 11.5 Å². The molecule has 0 saturated heterocycles. The third-order valence-corrected chi connectivity index (χ3v) is 3.54. The van der Waals surface area contributed by atoms with E-state index in [4.69, 9.17) is 14.2 Å². The summed E-state index contributed by atoms with van der Waals surface area (Å²) >= 11 is 0. The third-order valence-electron chi connectivity index (χ3n) is 3.54. The first-order chi connectivity index (χ1) is 11.2. The van der Waals surface area contributed by atoms with Gasteiger partial charge in [0, 0.05) is 25.8 Å². The summed E-state index contributed by atoms with van der Waals surface area (Å²) in [6.07, 6.45) is 0. The second-order valence-electron chi connectivity index (χ2n) is 5.38. The molecule has 0 radical (unpaired) electrons. The van der Waals surface area contributed by atoms with Gasteiger partial charge in [0.25, 0.3) is 0 Å². The van der Waals surface area contributed by atoms with Gasteiger partial charge in [0.1, 0.15) is 6.61 Å². The molecule has 0 unspecified atom stereocenters. The van der Waals surface area contributed by atoms with Gasteiger partial charge >= 0.3 is 0 Å². The van der Waals surface area contributed by atoms with Gasteiger partial charge in [-0.2, -0.15) is 0 Å². The van der Waals surface area contributed by atoms with Gasteiger partial charge in [-0.15, -0.1) is 0 Å². The fourth-order valence-electron chi connectivity index (χ4n) is 2.42. The van der Waals surface area contributed by atoms with E-state index in [9.17, 15) is 0 Å². The standard InChI is InChI=1S/C19H25NO3/c1-15-6-4-7-16(12-15)13-20-14-17-8-5-9-18(22-3)19(17)23-11-10-21-2/h4-9,12,20H,10-11,13-14H2,1-3H3. The van der Waals surface area contributed by atoms with E-state index in [0.717, 1.165) is 23.6 Å². The minimum absolute atomic E-state index is 0.502. The minimum atomic E-state index is 0.502. The quantitative estimate of drug-likeness (QED) is 0.721. The maximum absolute atomic E-state index is 5.83. The molecule has 1 N–H and O–H groups in total. The topological polar surface area (TPSA) is 39.7 Å². The summed E-state index contributed by atoms with van der Waals surface area (Å²) in [5.74, 6) is 1.53. The van der Waals surface area contributed by atoms with E-state index in [2.05, 4.69) is 36.5 Å². The number of methoxy groups -OCH3 is 2. The van der Waals surface area contributed by atoms with Gasteiger partial charge in [0.15, 0.2) is 11.5 Å². The lowest BCUT2D eigenvalue weighted by molar-refractivity contribution is 0.143. The summed E-state index contributed by atoms with van der Waals surface area (Å²) in [5, 5.41) is 3.46. The Balaban J connectivity index is 2.00. The van der Waals surface area contributed by atoms with Crippen molar-refractivity contribution in [1.29, 1.82) is 0 Å². The molecule has 0 heterocycles. The molecule has 2 aromatic carbocycles. The first kappa shape index (κ1) is 17.3. The van der Waals surface area contributed by atoms with Crippen LogP contribution in [0.2, 0.25) is 0 Å². The van der Waals surface area contributed by atoms with Gasteiger partial charge in [-0.3, -0.25) is 0 Å². The van der Waals surface area contributed by atoms with E-state index in [1.165, 1.54) is 11.1 Å². The van der Waals surface area contributed by atoms with Gasteiger partial charge in [0.05, 0.1) is 13.7 Å². The van der Waals surface area contributed by atoms with Crippen molar-refractivity contribution in [2.24, 2.45) is 0 Å². The van der Waals surface area contributed by atoms with Crippen LogP contribution in [0.1, 0.15) is 16.7 Å². The average molecular weight is 315 g/mol. The van der Waals surface area contributed by atoms with Crippen molar-refractivity contribution in [1.82, 2.24) is 5.32 Å². The lowest BCUT2D eigenvalue weighted by atomic mass is 10.1. The molecule has 2 aromatic rings. The SMILES string of the molecule is COCCOc1c(CNCc2cccc(C)c2)cccc1OC. The first-order valence-electron chi connectivity index (χ1n) is 7.78. The summed E-state index contributed by atoms with van der Waals surface area (Å²) < 4.78 is 16.3. The monoisotopic (exact) mass is 315 g/mol. The van der Waals surface area contributed by atoms with Crippen molar-refractivity contribution in [3.63, 3.8) is 0 Å². The van der Waals surface area contributed by atoms with Gasteiger partial charge in [0.2, 0.25) is 0 Å². The Labute approximate surface area is 138 Å². The highest BCUT2D eigenvalue weighted by Gasteiger charge is 2.10. The van der Waals surface area contributed by atoms with Crippen LogP contribution in [-0.2, 0) is 17.8 Å². The molecule has 4 nitrogen and oxygen atoms in total. The van der Waals surface area contributed by atoms with Crippen molar-refractivity contribution in [2.75, 3.05) is 27.4 Å². The van der Waals surface area contributed by atoms with E-state index < -0.39 is 0 Å². The lowest BCUT2D eigenvalue weighted by Crippen LogP contribution is -2.15. The number of rotatable bonds is 9. The Kier molecular flexibility index (Phi) is 6.91. The van der Waals surface area contributed by atoms with Crippen LogP contribution < -0.4 is 14.8 Å². The van der Waals surface area contributed by atoms with Gasteiger partial charge in [-0.1, -0.05) is 42.0 Å². The van der Waals surface area contributed by atoms with Crippen molar-refractivity contribution < 1.29 is 14.2 Å². The molecule has 0 atom stereocenters. The fourth-order valence-corrected chi connectivity index (χ4v) is 2.42. The smallest absolute Gasteiger partial charge is 0.165 e. The molecule has 4 heteroatoms. The van der Waals surface area contributed by atoms with Gasteiger partial charge in [-0.05, 0) is 18.6 Å².